The third-order valence-electron chi connectivity index (χ3n) is 13.0. The van der Waals surface area contributed by atoms with Crippen molar-refractivity contribution in [2.24, 2.45) is 58.2 Å². The van der Waals surface area contributed by atoms with Crippen molar-refractivity contribution in [1.29, 1.82) is 0 Å². The molecular weight excluding hydrogens is 464 g/mol. The lowest BCUT2D eigenvalue weighted by molar-refractivity contribution is -0.176. The van der Waals surface area contributed by atoms with Crippen molar-refractivity contribution in [3.05, 3.63) is 35.4 Å². The van der Waals surface area contributed by atoms with E-state index in [1.54, 1.807) is 0 Å². The van der Waals surface area contributed by atoms with Gasteiger partial charge in [0.05, 0.1) is 5.60 Å². The van der Waals surface area contributed by atoms with Crippen molar-refractivity contribution in [3.63, 3.8) is 0 Å². The van der Waals surface area contributed by atoms with E-state index in [9.17, 15) is 9.90 Å². The summed E-state index contributed by atoms with van der Waals surface area (Å²) in [6, 6.07) is 8.51. The number of carbonyl (C=O) groups is 1. The Morgan fingerprint density at radius 3 is 2.45 bits per heavy atom. The molecule has 4 aliphatic carbocycles. The lowest BCUT2D eigenvalue weighted by atomic mass is 9.42. The van der Waals surface area contributed by atoms with Gasteiger partial charge in [0, 0.05) is 12.3 Å². The summed E-state index contributed by atoms with van der Waals surface area (Å²) in [5.74, 6) is 5.23. The number of carbonyl (C=O) groups excluding carboxylic acids is 1. The fraction of sp³-hybridized carbons (Fsp3) is 0.806. The summed E-state index contributed by atoms with van der Waals surface area (Å²) in [5, 5.41) is 12.0. The average Bonchev–Trinajstić information content (AvgIpc) is 3.21. The van der Waals surface area contributed by atoms with E-state index in [1.165, 1.54) is 68.9 Å². The summed E-state index contributed by atoms with van der Waals surface area (Å²) in [6.07, 6.45) is 15.7. The maximum absolute atomic E-state index is 12.5. The molecule has 0 radical (unpaired) electrons. The van der Waals surface area contributed by atoms with Crippen LogP contribution in [0.5, 0.6) is 0 Å². The second-order valence-corrected chi connectivity index (χ2v) is 15.6. The molecule has 5 rings (SSSR count). The van der Waals surface area contributed by atoms with Gasteiger partial charge in [-0.1, -0.05) is 83.7 Å². The standard InChI is InChI=1S/C36H56O2/c1-24(2)9-7-11-26(4)31-15-16-32-30-14-13-28-22-36(38,20-27-12-8-10-25(3)19-27)29(23-37)21-35(28,6)33(30)17-18-34(31,32)5/h8,10,12,19,23-24,26,28-33,38H,7,9,11,13-18,20-22H2,1-6H3. The van der Waals surface area contributed by atoms with Crippen LogP contribution < -0.4 is 0 Å². The summed E-state index contributed by atoms with van der Waals surface area (Å²) < 4.78 is 0. The molecule has 10 atom stereocenters. The maximum Gasteiger partial charge on any atom is 0.125 e. The summed E-state index contributed by atoms with van der Waals surface area (Å²) in [6.45, 7) is 14.6. The predicted octanol–water partition coefficient (Wildman–Crippen LogP) is 8.81. The number of hydrogen-bond acceptors (Lipinski definition) is 2. The molecule has 0 amide bonds. The Balaban J connectivity index is 1.32. The Morgan fingerprint density at radius 2 is 1.74 bits per heavy atom. The molecule has 1 N–H and O–H groups in total. The minimum Gasteiger partial charge on any atom is -0.389 e. The van der Waals surface area contributed by atoms with Crippen molar-refractivity contribution < 1.29 is 9.90 Å². The van der Waals surface area contributed by atoms with Crippen LogP contribution in [-0.4, -0.2) is 17.0 Å². The largest absolute Gasteiger partial charge is 0.389 e. The first-order valence-corrected chi connectivity index (χ1v) is 16.2. The zero-order chi connectivity index (χ0) is 27.3. The first-order valence-electron chi connectivity index (χ1n) is 16.2. The van der Waals surface area contributed by atoms with Gasteiger partial charge in [-0.25, -0.2) is 0 Å². The van der Waals surface area contributed by atoms with Crippen molar-refractivity contribution in [1.82, 2.24) is 0 Å². The Labute approximate surface area is 233 Å². The van der Waals surface area contributed by atoms with Gasteiger partial charge in [0.1, 0.15) is 6.29 Å². The number of aryl methyl sites for hydroxylation is 1. The first-order chi connectivity index (χ1) is 18.0. The average molecular weight is 521 g/mol. The molecule has 0 aromatic heterocycles. The lowest BCUT2D eigenvalue weighted by Gasteiger charge is -2.63. The number of aliphatic hydroxyl groups is 1. The van der Waals surface area contributed by atoms with Gasteiger partial charge in [0.15, 0.2) is 0 Å². The van der Waals surface area contributed by atoms with E-state index in [2.05, 4.69) is 65.8 Å². The van der Waals surface area contributed by atoms with Gasteiger partial charge in [0.2, 0.25) is 0 Å². The summed E-state index contributed by atoms with van der Waals surface area (Å²) in [4.78, 5) is 12.5. The van der Waals surface area contributed by atoms with Gasteiger partial charge in [-0.2, -0.15) is 0 Å². The summed E-state index contributed by atoms with van der Waals surface area (Å²) in [7, 11) is 0. The van der Waals surface area contributed by atoms with E-state index < -0.39 is 5.60 Å². The third kappa shape index (κ3) is 4.95. The number of hydrogen-bond donors (Lipinski definition) is 1. The second kappa shape index (κ2) is 10.7. The SMILES string of the molecule is Cc1cccc(CC2(O)CC3CCC4C(CCC5(C)C(C(C)CCCC(C)C)CCC45)C3(C)CC2C=O)c1. The van der Waals surface area contributed by atoms with E-state index in [1.807, 2.05) is 0 Å². The second-order valence-electron chi connectivity index (χ2n) is 15.6. The molecule has 10 unspecified atom stereocenters. The van der Waals surface area contributed by atoms with E-state index in [0.29, 0.717) is 17.8 Å². The predicted molar refractivity (Wildman–Crippen MR) is 158 cm³/mol. The minimum atomic E-state index is -0.903. The first kappa shape index (κ1) is 28.4. The number of fused-ring (bicyclic) bond motifs is 5. The van der Waals surface area contributed by atoms with Crippen LogP contribution in [0.25, 0.3) is 0 Å². The van der Waals surface area contributed by atoms with Crippen molar-refractivity contribution in [3.8, 4) is 0 Å². The fourth-order valence-corrected chi connectivity index (χ4v) is 11.0. The molecule has 4 aliphatic rings. The van der Waals surface area contributed by atoms with Gasteiger partial charge in [-0.15, -0.1) is 0 Å². The van der Waals surface area contributed by atoms with Crippen LogP contribution in [0, 0.1) is 65.1 Å². The fourth-order valence-electron chi connectivity index (χ4n) is 11.0. The van der Waals surface area contributed by atoms with Crippen molar-refractivity contribution in [2.45, 2.75) is 124 Å². The van der Waals surface area contributed by atoms with Crippen LogP contribution in [0.15, 0.2) is 24.3 Å². The van der Waals surface area contributed by atoms with Gasteiger partial charge in [-0.3, -0.25) is 0 Å². The van der Waals surface area contributed by atoms with E-state index in [-0.39, 0.29) is 11.3 Å². The third-order valence-corrected chi connectivity index (χ3v) is 13.0. The topological polar surface area (TPSA) is 37.3 Å². The highest BCUT2D eigenvalue weighted by atomic mass is 16.3. The van der Waals surface area contributed by atoms with Gasteiger partial charge in [-0.05, 0) is 116 Å². The van der Waals surface area contributed by atoms with Crippen LogP contribution in [0.2, 0.25) is 0 Å². The van der Waals surface area contributed by atoms with E-state index in [4.69, 9.17) is 0 Å². The molecule has 1 aromatic rings. The molecule has 0 aliphatic heterocycles. The zero-order valence-electron chi connectivity index (χ0n) is 25.3. The van der Waals surface area contributed by atoms with Crippen LogP contribution in [0.3, 0.4) is 0 Å². The van der Waals surface area contributed by atoms with Gasteiger partial charge in [0.25, 0.3) is 0 Å². The van der Waals surface area contributed by atoms with Crippen LogP contribution in [-0.2, 0) is 11.2 Å². The van der Waals surface area contributed by atoms with Crippen molar-refractivity contribution >= 4 is 6.29 Å². The van der Waals surface area contributed by atoms with Gasteiger partial charge >= 0.3 is 0 Å². The highest BCUT2D eigenvalue weighted by Gasteiger charge is 2.63. The van der Waals surface area contributed by atoms with Crippen LogP contribution >= 0.6 is 0 Å². The Bertz CT molecular complexity index is 983. The van der Waals surface area contributed by atoms with Gasteiger partial charge < -0.3 is 9.90 Å². The molecule has 2 heteroatoms. The molecule has 4 saturated carbocycles. The molecule has 2 nitrogen and oxygen atoms in total. The molecule has 212 valence electrons. The van der Waals surface area contributed by atoms with Crippen LogP contribution in [0.4, 0.5) is 0 Å². The molecule has 4 fully saturated rings. The van der Waals surface area contributed by atoms with E-state index in [0.717, 1.165) is 54.6 Å². The number of rotatable bonds is 8. The molecule has 0 spiro atoms. The Morgan fingerprint density at radius 1 is 0.974 bits per heavy atom. The zero-order valence-corrected chi connectivity index (χ0v) is 25.3. The van der Waals surface area contributed by atoms with Crippen LogP contribution in [0.1, 0.15) is 116 Å². The quantitative estimate of drug-likeness (QED) is 0.348. The Hall–Kier alpha value is -1.15. The summed E-state index contributed by atoms with van der Waals surface area (Å²) in [5.41, 5.74) is 2.19. The molecule has 0 saturated heterocycles. The van der Waals surface area contributed by atoms with Crippen molar-refractivity contribution in [2.75, 3.05) is 0 Å². The maximum atomic E-state index is 12.5. The minimum absolute atomic E-state index is 0.190. The molecule has 38 heavy (non-hydrogen) atoms. The smallest absolute Gasteiger partial charge is 0.125 e. The van der Waals surface area contributed by atoms with E-state index >= 15 is 0 Å². The molecule has 1 aromatic carbocycles. The lowest BCUT2D eigenvalue weighted by Crippen LogP contribution is -2.59. The molecular formula is C36H56O2. The highest BCUT2D eigenvalue weighted by molar-refractivity contribution is 5.57. The Kier molecular flexibility index (Phi) is 7.98. The number of aldehydes is 1. The highest BCUT2D eigenvalue weighted by Crippen LogP contribution is 2.69. The molecule has 0 bridgehead atoms. The summed E-state index contributed by atoms with van der Waals surface area (Å²) >= 11 is 0. The normalized spacial score (nSPS) is 43.3. The monoisotopic (exact) mass is 520 g/mol. The molecule has 0 heterocycles. The number of benzene rings is 1.